The lowest BCUT2D eigenvalue weighted by molar-refractivity contribution is -0.139. The highest BCUT2D eigenvalue weighted by molar-refractivity contribution is 7.92. The third kappa shape index (κ3) is 6.07. The standard InChI is InChI=1S/C23H31N3O4S/c1-6-19-12-9-10-14-21(19)26(31(5,29)30)16-22(27)25(18(3)23(28)24-4)15-20-13-8-7-11-17(20)2/h7-14,18H,6,15-16H2,1-5H3,(H,24,28). The Balaban J connectivity index is 2.44. The first kappa shape index (κ1) is 24.4. The zero-order valence-corrected chi connectivity index (χ0v) is 19.6. The van der Waals surface area contributed by atoms with Crippen LogP contribution in [0.3, 0.4) is 0 Å². The van der Waals surface area contributed by atoms with Crippen LogP contribution in [0.1, 0.15) is 30.5 Å². The van der Waals surface area contributed by atoms with Crippen LogP contribution < -0.4 is 9.62 Å². The van der Waals surface area contributed by atoms with Crippen molar-refractivity contribution >= 4 is 27.5 Å². The minimum Gasteiger partial charge on any atom is -0.357 e. The number of anilines is 1. The van der Waals surface area contributed by atoms with Crippen molar-refractivity contribution in [3.8, 4) is 0 Å². The van der Waals surface area contributed by atoms with Crippen molar-refractivity contribution in [2.24, 2.45) is 0 Å². The fourth-order valence-corrected chi connectivity index (χ4v) is 4.29. The molecule has 0 heterocycles. The van der Waals surface area contributed by atoms with Gasteiger partial charge in [0.25, 0.3) is 0 Å². The predicted octanol–water partition coefficient (Wildman–Crippen LogP) is 2.49. The molecule has 1 N–H and O–H groups in total. The summed E-state index contributed by atoms with van der Waals surface area (Å²) in [5.74, 6) is -0.766. The normalized spacial score (nSPS) is 12.2. The SMILES string of the molecule is CCc1ccccc1N(CC(=O)N(Cc1ccccc1C)C(C)C(=O)NC)S(C)(=O)=O. The molecule has 0 saturated heterocycles. The van der Waals surface area contributed by atoms with E-state index in [1.165, 1.54) is 11.9 Å². The van der Waals surface area contributed by atoms with Crippen molar-refractivity contribution in [2.45, 2.75) is 39.8 Å². The highest BCUT2D eigenvalue weighted by atomic mass is 32.2. The molecule has 0 spiro atoms. The Hall–Kier alpha value is -2.87. The van der Waals surface area contributed by atoms with Crippen LogP contribution in [0.5, 0.6) is 0 Å². The number of sulfonamides is 1. The molecule has 0 radical (unpaired) electrons. The van der Waals surface area contributed by atoms with Gasteiger partial charge in [0.2, 0.25) is 21.8 Å². The lowest BCUT2D eigenvalue weighted by Gasteiger charge is -2.32. The Morgan fingerprint density at radius 3 is 2.16 bits per heavy atom. The molecule has 0 bridgehead atoms. The smallest absolute Gasteiger partial charge is 0.244 e. The van der Waals surface area contributed by atoms with Crippen LogP contribution in [-0.4, -0.2) is 51.0 Å². The van der Waals surface area contributed by atoms with Crippen LogP contribution in [0.2, 0.25) is 0 Å². The summed E-state index contributed by atoms with van der Waals surface area (Å²) in [6, 6.07) is 14.0. The zero-order chi connectivity index (χ0) is 23.2. The van der Waals surface area contributed by atoms with Crippen molar-refractivity contribution in [1.82, 2.24) is 10.2 Å². The maximum atomic E-state index is 13.4. The summed E-state index contributed by atoms with van der Waals surface area (Å²) < 4.78 is 26.3. The molecular weight excluding hydrogens is 414 g/mol. The van der Waals surface area contributed by atoms with Crippen LogP contribution in [0, 0.1) is 6.92 Å². The summed E-state index contributed by atoms with van der Waals surface area (Å²) in [5.41, 5.74) is 3.18. The molecule has 0 fully saturated rings. The molecule has 0 saturated carbocycles. The van der Waals surface area contributed by atoms with Crippen molar-refractivity contribution in [3.05, 3.63) is 65.2 Å². The van der Waals surface area contributed by atoms with Crippen LogP contribution in [0.15, 0.2) is 48.5 Å². The number of nitrogens with zero attached hydrogens (tertiary/aromatic N) is 2. The van der Waals surface area contributed by atoms with Gasteiger partial charge >= 0.3 is 0 Å². The summed E-state index contributed by atoms with van der Waals surface area (Å²) >= 11 is 0. The van der Waals surface area contributed by atoms with E-state index in [-0.39, 0.29) is 19.0 Å². The summed E-state index contributed by atoms with van der Waals surface area (Å²) in [6.07, 6.45) is 1.71. The lowest BCUT2D eigenvalue weighted by atomic mass is 10.1. The predicted molar refractivity (Wildman–Crippen MR) is 123 cm³/mol. The molecule has 168 valence electrons. The second kappa shape index (κ2) is 10.4. The van der Waals surface area contributed by atoms with Crippen LogP contribution in [0.25, 0.3) is 0 Å². The number of aryl methyl sites for hydroxylation is 2. The van der Waals surface area contributed by atoms with Crippen LogP contribution in [-0.2, 0) is 32.6 Å². The second-order valence-electron chi connectivity index (χ2n) is 7.49. The Morgan fingerprint density at radius 1 is 1.03 bits per heavy atom. The number of amides is 2. The lowest BCUT2D eigenvalue weighted by Crippen LogP contribution is -2.50. The largest absolute Gasteiger partial charge is 0.357 e. The van der Waals surface area contributed by atoms with E-state index in [0.29, 0.717) is 12.1 Å². The van der Waals surface area contributed by atoms with Crippen LogP contribution >= 0.6 is 0 Å². The molecule has 31 heavy (non-hydrogen) atoms. The molecule has 1 unspecified atom stereocenters. The van der Waals surface area contributed by atoms with E-state index in [9.17, 15) is 18.0 Å². The van der Waals surface area contributed by atoms with Gasteiger partial charge in [0.1, 0.15) is 12.6 Å². The minimum absolute atomic E-state index is 0.202. The van der Waals surface area contributed by atoms with E-state index < -0.39 is 22.0 Å². The van der Waals surface area contributed by atoms with Gasteiger partial charge in [-0.1, -0.05) is 49.4 Å². The van der Waals surface area contributed by atoms with E-state index in [4.69, 9.17) is 0 Å². The maximum Gasteiger partial charge on any atom is 0.244 e. The van der Waals surface area contributed by atoms with E-state index in [1.807, 2.05) is 50.2 Å². The molecule has 2 aromatic rings. The van der Waals surface area contributed by atoms with Gasteiger partial charge in [-0.15, -0.1) is 0 Å². The first-order chi connectivity index (χ1) is 14.6. The molecule has 0 aliphatic heterocycles. The first-order valence-electron chi connectivity index (χ1n) is 10.2. The number of carbonyl (C=O) groups excluding carboxylic acids is 2. The van der Waals surface area contributed by atoms with Gasteiger partial charge in [-0.05, 0) is 43.0 Å². The molecule has 2 aromatic carbocycles. The molecule has 0 aliphatic rings. The number of nitrogens with one attached hydrogen (secondary N) is 1. The monoisotopic (exact) mass is 445 g/mol. The average molecular weight is 446 g/mol. The number of carbonyl (C=O) groups is 2. The third-order valence-electron chi connectivity index (χ3n) is 5.34. The molecule has 0 aromatic heterocycles. The molecule has 2 amide bonds. The van der Waals surface area contributed by atoms with Crippen molar-refractivity contribution in [2.75, 3.05) is 24.2 Å². The Morgan fingerprint density at radius 2 is 1.61 bits per heavy atom. The molecule has 7 nitrogen and oxygen atoms in total. The number of benzene rings is 2. The van der Waals surface area contributed by atoms with Gasteiger partial charge in [-0.25, -0.2) is 8.42 Å². The van der Waals surface area contributed by atoms with E-state index in [1.54, 1.807) is 19.1 Å². The Bertz CT molecular complexity index is 1040. The van der Waals surface area contributed by atoms with Gasteiger partial charge in [0, 0.05) is 13.6 Å². The van der Waals surface area contributed by atoms with Crippen LogP contribution in [0.4, 0.5) is 5.69 Å². The summed E-state index contributed by atoms with van der Waals surface area (Å²) in [4.78, 5) is 27.2. The van der Waals surface area contributed by atoms with E-state index >= 15 is 0 Å². The minimum atomic E-state index is -3.73. The fourth-order valence-electron chi connectivity index (χ4n) is 3.41. The average Bonchev–Trinajstić information content (AvgIpc) is 2.74. The number of hydrogen-bond donors (Lipinski definition) is 1. The summed E-state index contributed by atoms with van der Waals surface area (Å²) in [6.45, 7) is 5.32. The van der Waals surface area contributed by atoms with Gasteiger partial charge in [-0.3, -0.25) is 13.9 Å². The molecule has 1 atom stereocenters. The van der Waals surface area contributed by atoms with E-state index in [2.05, 4.69) is 5.32 Å². The zero-order valence-electron chi connectivity index (χ0n) is 18.8. The third-order valence-corrected chi connectivity index (χ3v) is 6.46. The highest BCUT2D eigenvalue weighted by Gasteiger charge is 2.30. The van der Waals surface area contributed by atoms with Crippen molar-refractivity contribution in [1.29, 1.82) is 0 Å². The Labute approximate surface area is 185 Å². The number of likely N-dealkylation sites (N-methyl/N-ethyl adjacent to an activating group) is 1. The number of para-hydroxylation sites is 1. The Kier molecular flexibility index (Phi) is 8.21. The second-order valence-corrected chi connectivity index (χ2v) is 9.40. The van der Waals surface area contributed by atoms with Gasteiger partial charge in [0.15, 0.2) is 0 Å². The topological polar surface area (TPSA) is 86.8 Å². The number of rotatable bonds is 9. The quantitative estimate of drug-likeness (QED) is 0.642. The molecular formula is C23H31N3O4S. The number of hydrogen-bond acceptors (Lipinski definition) is 4. The summed E-state index contributed by atoms with van der Waals surface area (Å²) in [7, 11) is -2.22. The highest BCUT2D eigenvalue weighted by Crippen LogP contribution is 2.24. The fraction of sp³-hybridized carbons (Fsp3) is 0.391. The molecule has 2 rings (SSSR count). The van der Waals surface area contributed by atoms with E-state index in [0.717, 1.165) is 27.3 Å². The molecule has 8 heteroatoms. The van der Waals surface area contributed by atoms with Crippen molar-refractivity contribution in [3.63, 3.8) is 0 Å². The van der Waals surface area contributed by atoms with Gasteiger partial charge in [-0.2, -0.15) is 0 Å². The first-order valence-corrected chi connectivity index (χ1v) is 12.1. The summed E-state index contributed by atoms with van der Waals surface area (Å²) in [5, 5.41) is 2.57. The van der Waals surface area contributed by atoms with Gasteiger partial charge in [0.05, 0.1) is 11.9 Å². The molecule has 0 aliphatic carbocycles. The maximum absolute atomic E-state index is 13.4. The van der Waals surface area contributed by atoms with Gasteiger partial charge < -0.3 is 10.2 Å². The van der Waals surface area contributed by atoms with Crippen molar-refractivity contribution < 1.29 is 18.0 Å².